The largest absolute Gasteiger partial charge is 0.351 e. The molecule has 1 aromatic carbocycles. The Bertz CT molecular complexity index is 519. The molecule has 0 saturated carbocycles. The van der Waals surface area contributed by atoms with Crippen LogP contribution in [0, 0.1) is 11.7 Å². The molecule has 0 aliphatic carbocycles. The number of amides is 2. The lowest BCUT2D eigenvalue weighted by molar-refractivity contribution is -0.137. The fourth-order valence-corrected chi connectivity index (χ4v) is 2.56. The van der Waals surface area contributed by atoms with Crippen molar-refractivity contribution in [2.24, 2.45) is 5.92 Å². The first-order valence-corrected chi connectivity index (χ1v) is 7.34. The highest BCUT2D eigenvalue weighted by Gasteiger charge is 2.22. The molecule has 1 fully saturated rings. The number of likely N-dealkylation sites (tertiary alicyclic amines) is 1. The number of benzene rings is 1. The van der Waals surface area contributed by atoms with Crippen molar-refractivity contribution >= 4 is 11.8 Å². The minimum Gasteiger partial charge on any atom is -0.351 e. The smallest absolute Gasteiger partial charge is 0.232 e. The van der Waals surface area contributed by atoms with Crippen molar-refractivity contribution in [3.63, 3.8) is 0 Å². The molecule has 2 amide bonds. The minimum atomic E-state index is -0.360. The van der Waals surface area contributed by atoms with E-state index in [1.807, 2.05) is 0 Å². The summed E-state index contributed by atoms with van der Waals surface area (Å²) in [6.07, 6.45) is 1.95. The molecule has 4 nitrogen and oxygen atoms in total. The van der Waals surface area contributed by atoms with Crippen molar-refractivity contribution in [1.82, 2.24) is 10.2 Å². The van der Waals surface area contributed by atoms with Gasteiger partial charge in [0.05, 0.1) is 0 Å². The van der Waals surface area contributed by atoms with Crippen LogP contribution < -0.4 is 5.32 Å². The first-order valence-electron chi connectivity index (χ1n) is 7.34. The van der Waals surface area contributed by atoms with Crippen molar-refractivity contribution in [2.45, 2.75) is 32.7 Å². The third-order valence-corrected chi connectivity index (χ3v) is 3.76. The van der Waals surface area contributed by atoms with E-state index >= 15 is 0 Å². The van der Waals surface area contributed by atoms with E-state index < -0.39 is 0 Å². The monoisotopic (exact) mass is 292 g/mol. The molecule has 1 aliphatic heterocycles. The van der Waals surface area contributed by atoms with E-state index in [4.69, 9.17) is 0 Å². The zero-order valence-corrected chi connectivity index (χ0v) is 12.3. The highest BCUT2D eigenvalue weighted by atomic mass is 19.1. The Hall–Kier alpha value is -1.91. The van der Waals surface area contributed by atoms with Crippen LogP contribution in [-0.2, 0) is 16.1 Å². The molecule has 1 N–H and O–H groups in total. The van der Waals surface area contributed by atoms with Gasteiger partial charge in [0.25, 0.3) is 0 Å². The number of carbonyl (C=O) groups excluding carboxylic acids is 2. The van der Waals surface area contributed by atoms with Gasteiger partial charge in [0.15, 0.2) is 0 Å². The molecule has 0 spiro atoms. The fraction of sp³-hybridized carbons (Fsp3) is 0.500. The van der Waals surface area contributed by atoms with Gasteiger partial charge in [0.2, 0.25) is 11.8 Å². The number of nitrogens with one attached hydrogen (secondary N) is 1. The Labute approximate surface area is 124 Å². The molecule has 21 heavy (non-hydrogen) atoms. The molecular weight excluding hydrogens is 271 g/mol. The van der Waals surface area contributed by atoms with Crippen molar-refractivity contribution in [3.8, 4) is 0 Å². The zero-order valence-electron chi connectivity index (χ0n) is 12.3. The molecule has 1 heterocycles. The van der Waals surface area contributed by atoms with Gasteiger partial charge in [-0.25, -0.2) is 4.39 Å². The summed E-state index contributed by atoms with van der Waals surface area (Å²) in [4.78, 5) is 25.6. The summed E-state index contributed by atoms with van der Waals surface area (Å²) in [6, 6.07) is 6.28. The Kier molecular flexibility index (Phi) is 5.31. The van der Waals surface area contributed by atoms with Crippen LogP contribution in [0.4, 0.5) is 4.39 Å². The lowest BCUT2D eigenvalue weighted by atomic mass is 10.00. The number of halogens is 1. The molecule has 2 rings (SSSR count). The topological polar surface area (TPSA) is 49.4 Å². The SMILES string of the molecule is CC1CCCN(C(=O)CC(=O)NCc2ccccc2F)C1. The molecule has 0 aromatic heterocycles. The highest BCUT2D eigenvalue weighted by molar-refractivity contribution is 5.96. The first kappa shape index (κ1) is 15.5. The minimum absolute atomic E-state index is 0.106. The average Bonchev–Trinajstić information content (AvgIpc) is 2.46. The third-order valence-electron chi connectivity index (χ3n) is 3.76. The molecule has 5 heteroatoms. The summed E-state index contributed by atoms with van der Waals surface area (Å²) in [6.45, 7) is 3.66. The summed E-state index contributed by atoms with van der Waals surface area (Å²) in [5.74, 6) is -0.368. The molecular formula is C16H21FN2O2. The standard InChI is InChI=1S/C16H21FN2O2/c1-12-5-4-8-19(11-12)16(21)9-15(20)18-10-13-6-2-3-7-14(13)17/h2-3,6-7,12H,4-5,8-11H2,1H3,(H,18,20). The van der Waals surface area contributed by atoms with Crippen LogP contribution in [0.3, 0.4) is 0 Å². The van der Waals surface area contributed by atoms with Crippen molar-refractivity contribution in [3.05, 3.63) is 35.6 Å². The number of piperidine rings is 1. The Morgan fingerprint density at radius 3 is 2.86 bits per heavy atom. The molecule has 1 aliphatic rings. The van der Waals surface area contributed by atoms with Gasteiger partial charge in [0, 0.05) is 25.2 Å². The van der Waals surface area contributed by atoms with Crippen LogP contribution in [0.5, 0.6) is 0 Å². The molecule has 1 aromatic rings. The summed E-state index contributed by atoms with van der Waals surface area (Å²) in [7, 11) is 0. The maximum Gasteiger partial charge on any atom is 0.232 e. The molecule has 114 valence electrons. The van der Waals surface area contributed by atoms with Crippen molar-refractivity contribution < 1.29 is 14.0 Å². The lowest BCUT2D eigenvalue weighted by Gasteiger charge is -2.30. The second kappa shape index (κ2) is 7.20. The summed E-state index contributed by atoms with van der Waals surface area (Å²) in [5.41, 5.74) is 0.421. The average molecular weight is 292 g/mol. The maximum absolute atomic E-state index is 13.4. The Morgan fingerprint density at radius 1 is 1.38 bits per heavy atom. The first-order chi connectivity index (χ1) is 10.1. The van der Waals surface area contributed by atoms with Crippen LogP contribution in [0.25, 0.3) is 0 Å². The van der Waals surface area contributed by atoms with Gasteiger partial charge in [-0.1, -0.05) is 25.1 Å². The van der Waals surface area contributed by atoms with Crippen LogP contribution in [0.1, 0.15) is 31.7 Å². The van der Waals surface area contributed by atoms with Crippen molar-refractivity contribution in [2.75, 3.05) is 13.1 Å². The van der Waals surface area contributed by atoms with E-state index in [2.05, 4.69) is 12.2 Å². The predicted octanol–water partition coefficient (Wildman–Crippen LogP) is 2.09. The van der Waals surface area contributed by atoms with Crippen LogP contribution in [-0.4, -0.2) is 29.8 Å². The van der Waals surface area contributed by atoms with E-state index in [1.165, 1.54) is 6.07 Å². The van der Waals surface area contributed by atoms with E-state index in [9.17, 15) is 14.0 Å². The van der Waals surface area contributed by atoms with Gasteiger partial charge in [-0.15, -0.1) is 0 Å². The van der Waals surface area contributed by atoms with Crippen LogP contribution in [0.2, 0.25) is 0 Å². The van der Waals surface area contributed by atoms with Gasteiger partial charge in [-0.05, 0) is 24.8 Å². The number of rotatable bonds is 4. The molecule has 0 bridgehead atoms. The second-order valence-corrected chi connectivity index (χ2v) is 5.63. The van der Waals surface area contributed by atoms with Gasteiger partial charge < -0.3 is 10.2 Å². The summed E-state index contributed by atoms with van der Waals surface area (Å²) >= 11 is 0. The van der Waals surface area contributed by atoms with E-state index in [1.54, 1.807) is 23.1 Å². The fourth-order valence-electron chi connectivity index (χ4n) is 2.56. The quantitative estimate of drug-likeness (QED) is 0.864. The van der Waals surface area contributed by atoms with Crippen LogP contribution >= 0.6 is 0 Å². The predicted molar refractivity (Wildman–Crippen MR) is 77.8 cm³/mol. The highest BCUT2D eigenvalue weighted by Crippen LogP contribution is 2.16. The van der Waals surface area contributed by atoms with Gasteiger partial charge in [-0.3, -0.25) is 9.59 Å². The van der Waals surface area contributed by atoms with Gasteiger partial charge >= 0.3 is 0 Å². The molecule has 1 unspecified atom stereocenters. The van der Waals surface area contributed by atoms with E-state index in [-0.39, 0.29) is 30.6 Å². The summed E-state index contributed by atoms with van der Waals surface area (Å²) < 4.78 is 13.4. The lowest BCUT2D eigenvalue weighted by Crippen LogP contribution is -2.41. The van der Waals surface area contributed by atoms with Crippen molar-refractivity contribution in [1.29, 1.82) is 0 Å². The molecule has 1 atom stereocenters. The van der Waals surface area contributed by atoms with E-state index in [0.29, 0.717) is 11.5 Å². The van der Waals surface area contributed by atoms with Gasteiger partial charge in [-0.2, -0.15) is 0 Å². The van der Waals surface area contributed by atoms with E-state index in [0.717, 1.165) is 25.9 Å². The Morgan fingerprint density at radius 2 is 2.14 bits per heavy atom. The summed E-state index contributed by atoms with van der Waals surface area (Å²) in [5, 5.41) is 2.59. The number of hydrogen-bond acceptors (Lipinski definition) is 2. The zero-order chi connectivity index (χ0) is 15.2. The number of nitrogens with zero attached hydrogens (tertiary/aromatic N) is 1. The third kappa shape index (κ3) is 4.55. The number of hydrogen-bond donors (Lipinski definition) is 1. The second-order valence-electron chi connectivity index (χ2n) is 5.63. The van der Waals surface area contributed by atoms with Crippen LogP contribution in [0.15, 0.2) is 24.3 Å². The molecule has 1 saturated heterocycles. The maximum atomic E-state index is 13.4. The molecule has 0 radical (unpaired) electrons. The normalized spacial score (nSPS) is 18.4. The Balaban J connectivity index is 1.79. The number of carbonyl (C=O) groups is 2. The van der Waals surface area contributed by atoms with Gasteiger partial charge in [0.1, 0.15) is 12.2 Å².